The molecule has 1 unspecified atom stereocenters. The molecule has 0 aliphatic carbocycles. The molecule has 6 heteroatoms. The van der Waals surface area contributed by atoms with Crippen molar-refractivity contribution in [2.24, 2.45) is 0 Å². The quantitative estimate of drug-likeness (QED) is 0.406. The van der Waals surface area contributed by atoms with E-state index >= 15 is 0 Å². The number of carbonyl (C=O) groups is 1. The van der Waals surface area contributed by atoms with Crippen LogP contribution in [0.15, 0.2) is 77.7 Å². The molecule has 0 radical (unpaired) electrons. The first-order valence-corrected chi connectivity index (χ1v) is 14.4. The summed E-state index contributed by atoms with van der Waals surface area (Å²) in [6, 6.07) is 23.8. The monoisotopic (exact) mass is 502 g/mol. The van der Waals surface area contributed by atoms with Crippen LogP contribution in [0.1, 0.15) is 64.8 Å². The molecule has 36 heavy (non-hydrogen) atoms. The van der Waals surface area contributed by atoms with E-state index in [4.69, 9.17) is 0 Å². The summed E-state index contributed by atoms with van der Waals surface area (Å²) in [5.74, 6) is 0.0356. The molecule has 0 aromatic heterocycles. The van der Waals surface area contributed by atoms with Gasteiger partial charge in [0.05, 0.1) is 4.90 Å². The van der Waals surface area contributed by atoms with Crippen LogP contribution in [0.3, 0.4) is 0 Å². The van der Waals surface area contributed by atoms with Crippen molar-refractivity contribution in [2.75, 3.05) is 19.6 Å². The highest BCUT2D eigenvalue weighted by Crippen LogP contribution is 2.30. The Morgan fingerprint density at radius 1 is 0.833 bits per heavy atom. The summed E-state index contributed by atoms with van der Waals surface area (Å²) < 4.78 is 27.3. The molecule has 3 aromatic rings. The van der Waals surface area contributed by atoms with Gasteiger partial charge in [0.25, 0.3) is 0 Å². The van der Waals surface area contributed by atoms with Crippen molar-refractivity contribution >= 4 is 15.8 Å². The molecule has 0 saturated carbocycles. The fourth-order valence-electron chi connectivity index (χ4n) is 5.39. The van der Waals surface area contributed by atoms with Crippen molar-refractivity contribution in [2.45, 2.75) is 56.5 Å². The largest absolute Gasteiger partial charge is 0.294 e. The van der Waals surface area contributed by atoms with E-state index in [9.17, 15) is 13.2 Å². The highest BCUT2D eigenvalue weighted by molar-refractivity contribution is 7.89. The van der Waals surface area contributed by atoms with Crippen LogP contribution in [0.2, 0.25) is 0 Å². The van der Waals surface area contributed by atoms with Gasteiger partial charge in [-0.1, -0.05) is 67.1 Å². The van der Waals surface area contributed by atoms with Gasteiger partial charge in [-0.15, -0.1) is 0 Å². The molecule has 2 aliphatic heterocycles. The molecule has 3 aromatic carbocycles. The number of benzene rings is 3. The van der Waals surface area contributed by atoms with E-state index in [1.165, 1.54) is 16.7 Å². The minimum absolute atomic E-state index is 0.0356. The summed E-state index contributed by atoms with van der Waals surface area (Å²) in [4.78, 5) is 15.7. The lowest BCUT2D eigenvalue weighted by Gasteiger charge is -2.35. The topological polar surface area (TPSA) is 57.7 Å². The van der Waals surface area contributed by atoms with Crippen LogP contribution in [0.25, 0.3) is 0 Å². The van der Waals surface area contributed by atoms with Gasteiger partial charge in [-0.2, -0.15) is 4.31 Å². The maximum atomic E-state index is 12.9. The second kappa shape index (κ2) is 10.7. The summed E-state index contributed by atoms with van der Waals surface area (Å²) in [6.07, 6.45) is 4.23. The average Bonchev–Trinajstić information content (AvgIpc) is 2.91. The van der Waals surface area contributed by atoms with Crippen LogP contribution >= 0.6 is 0 Å². The molecular formula is C30H34N2O3S. The van der Waals surface area contributed by atoms with Gasteiger partial charge in [0.2, 0.25) is 10.0 Å². The highest BCUT2D eigenvalue weighted by atomic mass is 32.2. The zero-order chi connectivity index (χ0) is 25.1. The molecule has 1 atom stereocenters. The van der Waals surface area contributed by atoms with Crippen LogP contribution in [0.4, 0.5) is 0 Å². The number of fused-ring (bicyclic) bond motifs is 1. The maximum absolute atomic E-state index is 12.9. The van der Waals surface area contributed by atoms with Crippen LogP contribution in [-0.4, -0.2) is 43.0 Å². The third-order valence-electron chi connectivity index (χ3n) is 7.62. The Bertz CT molecular complexity index is 1310. The zero-order valence-electron chi connectivity index (χ0n) is 20.9. The molecular weight excluding hydrogens is 468 g/mol. The Balaban J connectivity index is 1.20. The second-order valence-electron chi connectivity index (χ2n) is 10.0. The predicted molar refractivity (Wildman–Crippen MR) is 142 cm³/mol. The molecule has 2 aliphatic rings. The van der Waals surface area contributed by atoms with Crippen molar-refractivity contribution in [3.63, 3.8) is 0 Å². The van der Waals surface area contributed by atoms with Gasteiger partial charge in [-0.3, -0.25) is 9.69 Å². The standard InChI is InChI=1S/C30H34N2O3S/c1-23-29-8-4-3-7-26(29)17-20-31(23)22-25-9-13-27(14-10-25)30(33)21-24-11-15-28(16-12-24)36(34,35)32-18-5-2-6-19-32/h3-4,7-16,23H,2,5-6,17-22H2,1H3. The molecule has 0 N–H and O–H groups in total. The molecule has 0 bridgehead atoms. The Kier molecular flexibility index (Phi) is 7.37. The summed E-state index contributed by atoms with van der Waals surface area (Å²) in [5.41, 5.74) is 5.55. The summed E-state index contributed by atoms with van der Waals surface area (Å²) in [5, 5.41) is 0. The van der Waals surface area contributed by atoms with Crippen molar-refractivity contribution < 1.29 is 13.2 Å². The Morgan fingerprint density at radius 2 is 1.50 bits per heavy atom. The summed E-state index contributed by atoms with van der Waals surface area (Å²) in [6.45, 7) is 5.32. The number of hydrogen-bond donors (Lipinski definition) is 0. The van der Waals surface area contributed by atoms with Gasteiger partial charge >= 0.3 is 0 Å². The number of sulfonamides is 1. The lowest BCUT2D eigenvalue weighted by atomic mass is 9.93. The number of rotatable bonds is 7. The highest BCUT2D eigenvalue weighted by Gasteiger charge is 2.26. The van der Waals surface area contributed by atoms with Gasteiger partial charge in [0.15, 0.2) is 5.78 Å². The lowest BCUT2D eigenvalue weighted by Crippen LogP contribution is -2.35. The van der Waals surface area contributed by atoms with Crippen LogP contribution in [-0.2, 0) is 29.4 Å². The normalized spacial score (nSPS) is 19.1. The van der Waals surface area contributed by atoms with Crippen LogP contribution in [0.5, 0.6) is 0 Å². The SMILES string of the molecule is CC1c2ccccc2CCN1Cc1ccc(C(=O)Cc2ccc(S(=O)(=O)N3CCCCC3)cc2)cc1. The van der Waals surface area contributed by atoms with E-state index in [0.29, 0.717) is 29.6 Å². The van der Waals surface area contributed by atoms with Crippen molar-refractivity contribution in [1.29, 1.82) is 0 Å². The third kappa shape index (κ3) is 5.31. The maximum Gasteiger partial charge on any atom is 0.243 e. The van der Waals surface area contributed by atoms with Gasteiger partial charge in [-0.05, 0) is 60.6 Å². The first-order chi connectivity index (χ1) is 17.4. The Labute approximate surface area is 214 Å². The molecule has 1 fully saturated rings. The summed E-state index contributed by atoms with van der Waals surface area (Å²) >= 11 is 0. The van der Waals surface area contributed by atoms with Crippen molar-refractivity contribution in [3.05, 3.63) is 101 Å². The van der Waals surface area contributed by atoms with E-state index in [1.807, 2.05) is 12.1 Å². The number of ketones is 1. The Morgan fingerprint density at radius 3 is 2.22 bits per heavy atom. The van der Waals surface area contributed by atoms with Crippen LogP contribution in [0, 0.1) is 0 Å². The molecule has 1 saturated heterocycles. The minimum Gasteiger partial charge on any atom is -0.294 e. The number of nitrogens with zero attached hydrogens (tertiary/aromatic N) is 2. The van der Waals surface area contributed by atoms with Gasteiger partial charge < -0.3 is 0 Å². The predicted octanol–water partition coefficient (Wildman–Crippen LogP) is 5.41. The lowest BCUT2D eigenvalue weighted by molar-refractivity contribution is 0.0993. The van der Waals surface area contributed by atoms with E-state index in [0.717, 1.165) is 44.3 Å². The van der Waals surface area contributed by atoms with Crippen molar-refractivity contribution in [1.82, 2.24) is 9.21 Å². The second-order valence-corrected chi connectivity index (χ2v) is 11.9. The van der Waals surface area contributed by atoms with Crippen LogP contribution < -0.4 is 0 Å². The number of Topliss-reactive ketones (excluding diaryl/α,β-unsaturated/α-hetero) is 1. The van der Waals surface area contributed by atoms with Gasteiger partial charge in [0.1, 0.15) is 0 Å². The molecule has 0 spiro atoms. The van der Waals surface area contributed by atoms with E-state index in [2.05, 4.69) is 48.2 Å². The first kappa shape index (κ1) is 24.9. The van der Waals surface area contributed by atoms with Crippen molar-refractivity contribution in [3.8, 4) is 0 Å². The van der Waals surface area contributed by atoms with E-state index in [1.54, 1.807) is 28.6 Å². The Hall–Kier alpha value is -2.80. The number of carbonyl (C=O) groups excluding carboxylic acids is 1. The first-order valence-electron chi connectivity index (χ1n) is 12.9. The minimum atomic E-state index is -3.45. The van der Waals surface area contributed by atoms with Gasteiger partial charge in [-0.25, -0.2) is 8.42 Å². The molecule has 0 amide bonds. The van der Waals surface area contributed by atoms with Gasteiger partial charge in [0, 0.05) is 44.2 Å². The average molecular weight is 503 g/mol. The summed E-state index contributed by atoms with van der Waals surface area (Å²) in [7, 11) is -3.45. The third-order valence-corrected chi connectivity index (χ3v) is 9.54. The van der Waals surface area contributed by atoms with E-state index < -0.39 is 10.0 Å². The molecule has 5 rings (SSSR count). The zero-order valence-corrected chi connectivity index (χ0v) is 21.7. The molecule has 188 valence electrons. The fourth-order valence-corrected chi connectivity index (χ4v) is 6.91. The fraction of sp³-hybridized carbons (Fsp3) is 0.367. The molecule has 2 heterocycles. The van der Waals surface area contributed by atoms with E-state index in [-0.39, 0.29) is 12.2 Å². The smallest absolute Gasteiger partial charge is 0.243 e. The number of hydrogen-bond acceptors (Lipinski definition) is 4. The number of piperidine rings is 1. The molecule has 5 nitrogen and oxygen atoms in total.